The second kappa shape index (κ2) is 9.18. The summed E-state index contributed by atoms with van der Waals surface area (Å²) in [4.78, 5) is 12.6. The molecule has 0 saturated heterocycles. The van der Waals surface area contributed by atoms with E-state index in [1.807, 2.05) is 6.92 Å². The Bertz CT molecular complexity index is 1190. The molecule has 162 valence electrons. The molecule has 0 fully saturated rings. The van der Waals surface area contributed by atoms with Crippen molar-refractivity contribution in [3.05, 3.63) is 83.7 Å². The van der Waals surface area contributed by atoms with Crippen molar-refractivity contribution in [3.8, 4) is 5.75 Å². The summed E-state index contributed by atoms with van der Waals surface area (Å²) in [5, 5.41) is 2.43. The van der Waals surface area contributed by atoms with Gasteiger partial charge in [-0.25, -0.2) is 12.8 Å². The van der Waals surface area contributed by atoms with Gasteiger partial charge in [0, 0.05) is 0 Å². The third-order valence-corrected chi connectivity index (χ3v) is 6.44. The van der Waals surface area contributed by atoms with Crippen LogP contribution in [-0.4, -0.2) is 28.0 Å². The van der Waals surface area contributed by atoms with E-state index in [1.165, 1.54) is 31.4 Å². The number of nitrogens with zero attached hydrogens (tertiary/aromatic N) is 1. The van der Waals surface area contributed by atoms with E-state index in [0.717, 1.165) is 15.4 Å². The summed E-state index contributed by atoms with van der Waals surface area (Å²) in [5.41, 5.74) is 1.93. The molecule has 0 aliphatic heterocycles. The van der Waals surface area contributed by atoms with Gasteiger partial charge in [-0.3, -0.25) is 9.10 Å². The highest BCUT2D eigenvalue weighted by molar-refractivity contribution is 7.93. The average Bonchev–Trinajstić information content (AvgIpc) is 2.74. The van der Waals surface area contributed by atoms with Crippen molar-refractivity contribution in [2.45, 2.75) is 18.7 Å². The number of anilines is 2. The van der Waals surface area contributed by atoms with Gasteiger partial charge in [-0.2, -0.15) is 0 Å². The van der Waals surface area contributed by atoms with Crippen LogP contribution in [0, 0.1) is 19.7 Å². The van der Waals surface area contributed by atoms with Crippen LogP contribution < -0.4 is 14.4 Å². The fraction of sp³-hybridized carbons (Fsp3) is 0.174. The van der Waals surface area contributed by atoms with E-state index in [4.69, 9.17) is 4.74 Å². The molecule has 0 radical (unpaired) electrons. The van der Waals surface area contributed by atoms with Crippen LogP contribution in [0.15, 0.2) is 71.6 Å². The normalized spacial score (nSPS) is 11.1. The van der Waals surface area contributed by atoms with Gasteiger partial charge < -0.3 is 10.1 Å². The van der Waals surface area contributed by atoms with Gasteiger partial charge >= 0.3 is 0 Å². The molecular weight excluding hydrogens is 419 g/mol. The topological polar surface area (TPSA) is 75.7 Å². The van der Waals surface area contributed by atoms with E-state index in [2.05, 4.69) is 5.32 Å². The lowest BCUT2D eigenvalue weighted by Crippen LogP contribution is -2.38. The van der Waals surface area contributed by atoms with E-state index in [9.17, 15) is 17.6 Å². The number of carbonyl (C=O) groups is 1. The number of para-hydroxylation sites is 1. The fourth-order valence-electron chi connectivity index (χ4n) is 3.01. The number of aryl methyl sites for hydroxylation is 2. The lowest BCUT2D eigenvalue weighted by molar-refractivity contribution is -0.114. The largest absolute Gasteiger partial charge is 0.495 e. The minimum Gasteiger partial charge on any atom is -0.495 e. The number of sulfonamides is 1. The summed E-state index contributed by atoms with van der Waals surface area (Å²) in [7, 11) is -2.80. The Hall–Kier alpha value is -3.39. The van der Waals surface area contributed by atoms with Crippen LogP contribution in [-0.2, 0) is 14.8 Å². The van der Waals surface area contributed by atoms with Gasteiger partial charge in [-0.1, -0.05) is 35.9 Å². The van der Waals surface area contributed by atoms with Crippen LogP contribution in [0.2, 0.25) is 0 Å². The zero-order valence-corrected chi connectivity index (χ0v) is 18.2. The third-order valence-electron chi connectivity index (χ3n) is 4.64. The molecule has 0 spiro atoms. The molecule has 0 aromatic heterocycles. The highest BCUT2D eigenvalue weighted by Crippen LogP contribution is 2.31. The summed E-state index contributed by atoms with van der Waals surface area (Å²) < 4.78 is 47.4. The molecule has 6 nitrogen and oxygen atoms in total. The van der Waals surface area contributed by atoms with Crippen molar-refractivity contribution in [2.24, 2.45) is 0 Å². The van der Waals surface area contributed by atoms with Gasteiger partial charge in [0.15, 0.2) is 0 Å². The molecule has 3 rings (SSSR count). The quantitative estimate of drug-likeness (QED) is 0.592. The summed E-state index contributed by atoms with van der Waals surface area (Å²) in [5.74, 6) is -1.13. The van der Waals surface area contributed by atoms with Crippen LogP contribution in [0.25, 0.3) is 0 Å². The molecule has 31 heavy (non-hydrogen) atoms. The molecule has 1 amide bonds. The number of amides is 1. The maximum absolute atomic E-state index is 13.9. The second-order valence-electron chi connectivity index (χ2n) is 7.03. The molecule has 0 aliphatic rings. The first kappa shape index (κ1) is 22.3. The molecule has 3 aromatic rings. The van der Waals surface area contributed by atoms with Crippen LogP contribution in [0.4, 0.5) is 15.8 Å². The second-order valence-corrected chi connectivity index (χ2v) is 8.86. The Labute approximate surface area is 181 Å². The predicted octanol–water partition coefficient (Wildman–Crippen LogP) is 4.29. The van der Waals surface area contributed by atoms with Gasteiger partial charge in [0.1, 0.15) is 23.0 Å². The zero-order chi connectivity index (χ0) is 22.6. The van der Waals surface area contributed by atoms with Crippen LogP contribution in [0.5, 0.6) is 5.75 Å². The highest BCUT2D eigenvalue weighted by Gasteiger charge is 2.30. The van der Waals surface area contributed by atoms with Crippen molar-refractivity contribution < 1.29 is 22.3 Å². The molecule has 3 aromatic carbocycles. The smallest absolute Gasteiger partial charge is 0.268 e. The number of hydrogen-bond acceptors (Lipinski definition) is 4. The minimum absolute atomic E-state index is 0.0260. The maximum atomic E-state index is 13.9. The van der Waals surface area contributed by atoms with Crippen molar-refractivity contribution in [3.63, 3.8) is 0 Å². The fourth-order valence-corrected chi connectivity index (χ4v) is 4.68. The molecule has 0 saturated carbocycles. The Morgan fingerprint density at radius 3 is 2.29 bits per heavy atom. The van der Waals surface area contributed by atoms with Crippen LogP contribution in [0.3, 0.4) is 0 Å². The number of carbonyl (C=O) groups excluding carboxylic acids is 1. The Morgan fingerprint density at radius 1 is 1.00 bits per heavy atom. The van der Waals surface area contributed by atoms with E-state index < -0.39 is 28.3 Å². The zero-order valence-electron chi connectivity index (χ0n) is 17.4. The predicted molar refractivity (Wildman–Crippen MR) is 118 cm³/mol. The Kier molecular flexibility index (Phi) is 6.60. The summed E-state index contributed by atoms with van der Waals surface area (Å²) in [6.07, 6.45) is 0. The first-order chi connectivity index (χ1) is 14.7. The van der Waals surface area contributed by atoms with Crippen LogP contribution in [0.1, 0.15) is 11.1 Å². The standard InChI is InChI=1S/C23H23FN2O4S/c1-16-8-11-18(12-9-16)26(15-23(27)25-20-7-5-4-6-19(20)24)31(28,29)22-14-17(2)10-13-21(22)30-3/h4-14H,15H2,1-3H3,(H,25,27). The number of benzene rings is 3. The van der Waals surface area contributed by atoms with Gasteiger partial charge in [-0.15, -0.1) is 0 Å². The SMILES string of the molecule is COc1ccc(C)cc1S(=O)(=O)N(CC(=O)Nc1ccccc1F)c1ccc(C)cc1. The highest BCUT2D eigenvalue weighted by atomic mass is 32.2. The van der Waals surface area contributed by atoms with E-state index in [-0.39, 0.29) is 16.3 Å². The first-order valence-electron chi connectivity index (χ1n) is 9.51. The number of hydrogen-bond donors (Lipinski definition) is 1. The van der Waals surface area contributed by atoms with Gasteiger partial charge in [0.25, 0.3) is 10.0 Å². The number of rotatable bonds is 7. The van der Waals surface area contributed by atoms with Crippen molar-refractivity contribution >= 4 is 27.3 Å². The monoisotopic (exact) mass is 442 g/mol. The summed E-state index contributed by atoms with van der Waals surface area (Å²) >= 11 is 0. The molecule has 0 bridgehead atoms. The molecule has 1 N–H and O–H groups in total. The maximum Gasteiger partial charge on any atom is 0.268 e. The third kappa shape index (κ3) is 5.03. The van der Waals surface area contributed by atoms with Crippen molar-refractivity contribution in [1.29, 1.82) is 0 Å². The van der Waals surface area contributed by atoms with Crippen LogP contribution >= 0.6 is 0 Å². The minimum atomic E-state index is -4.18. The lowest BCUT2D eigenvalue weighted by atomic mass is 10.2. The van der Waals surface area contributed by atoms with E-state index >= 15 is 0 Å². The van der Waals surface area contributed by atoms with E-state index in [1.54, 1.807) is 49.4 Å². The van der Waals surface area contributed by atoms with Crippen molar-refractivity contribution in [1.82, 2.24) is 0 Å². The van der Waals surface area contributed by atoms with Gasteiger partial charge in [0.2, 0.25) is 5.91 Å². The first-order valence-corrected chi connectivity index (χ1v) is 10.9. The Balaban J connectivity index is 2.03. The average molecular weight is 443 g/mol. The summed E-state index contributed by atoms with van der Waals surface area (Å²) in [6.45, 7) is 3.09. The van der Waals surface area contributed by atoms with Crippen molar-refractivity contribution in [2.75, 3.05) is 23.3 Å². The summed E-state index contributed by atoms with van der Waals surface area (Å²) in [6, 6.07) is 17.2. The molecule has 0 aliphatic carbocycles. The number of ether oxygens (including phenoxy) is 1. The molecule has 0 atom stereocenters. The lowest BCUT2D eigenvalue weighted by Gasteiger charge is -2.25. The molecule has 0 unspecified atom stereocenters. The van der Waals surface area contributed by atoms with E-state index in [0.29, 0.717) is 5.69 Å². The molecular formula is C23H23FN2O4S. The van der Waals surface area contributed by atoms with Gasteiger partial charge in [-0.05, 0) is 55.8 Å². The van der Waals surface area contributed by atoms with Gasteiger partial charge in [0.05, 0.1) is 18.5 Å². The Morgan fingerprint density at radius 2 is 1.65 bits per heavy atom. The number of halogens is 1. The number of nitrogens with one attached hydrogen (secondary N) is 1. The number of methoxy groups -OCH3 is 1. The molecule has 8 heteroatoms. The molecule has 0 heterocycles.